The van der Waals surface area contributed by atoms with Crippen molar-refractivity contribution in [3.63, 3.8) is 0 Å². The largest absolute Gasteiger partial charge is 0.485 e. The molecule has 0 aliphatic rings. The number of hydrogen-bond acceptors (Lipinski definition) is 6. The van der Waals surface area contributed by atoms with Crippen molar-refractivity contribution in [3.05, 3.63) is 108 Å². The summed E-state index contributed by atoms with van der Waals surface area (Å²) in [4.78, 5) is 24.3. The molecule has 5 aromatic rings. The molecule has 5 rings (SSSR count). The maximum atomic E-state index is 12.7. The van der Waals surface area contributed by atoms with Crippen LogP contribution in [-0.2, 0) is 11.4 Å². The molecule has 184 valence electrons. The molecule has 1 amide bonds. The summed E-state index contributed by atoms with van der Waals surface area (Å²) in [5.41, 5.74) is 2.00. The smallest absolute Gasteiger partial charge is 0.234 e. The lowest BCUT2D eigenvalue weighted by Gasteiger charge is -2.12. The highest BCUT2D eigenvalue weighted by Gasteiger charge is 2.17. The van der Waals surface area contributed by atoms with Crippen LogP contribution in [0, 0.1) is 0 Å². The van der Waals surface area contributed by atoms with Crippen LogP contribution in [0.4, 0.5) is 5.69 Å². The first kappa shape index (κ1) is 24.3. The number of nitrogens with one attached hydrogen (secondary N) is 1. The van der Waals surface area contributed by atoms with E-state index in [0.29, 0.717) is 22.2 Å². The summed E-state index contributed by atoms with van der Waals surface area (Å²) in [7, 11) is 0. The fourth-order valence-electron chi connectivity index (χ4n) is 3.93. The van der Waals surface area contributed by atoms with Crippen molar-refractivity contribution in [3.8, 4) is 11.4 Å². The van der Waals surface area contributed by atoms with Gasteiger partial charge in [0.05, 0.1) is 5.75 Å². The molecule has 0 aliphatic carbocycles. The Balaban J connectivity index is 1.33. The molecule has 0 atom stereocenters. The summed E-state index contributed by atoms with van der Waals surface area (Å²) < 4.78 is 8.08. The molecule has 1 N–H and O–H groups in total. The van der Waals surface area contributed by atoms with Crippen LogP contribution in [0.5, 0.6) is 5.75 Å². The van der Waals surface area contributed by atoms with Gasteiger partial charge in [0.2, 0.25) is 5.91 Å². The van der Waals surface area contributed by atoms with Gasteiger partial charge in [-0.2, -0.15) is 0 Å². The number of hydrogen-bond donors (Lipinski definition) is 1. The van der Waals surface area contributed by atoms with Crippen LogP contribution in [0.1, 0.15) is 23.1 Å². The van der Waals surface area contributed by atoms with Gasteiger partial charge in [-0.25, -0.2) is 0 Å². The standard InChI is InChI=1S/C29H24N4O3S/c1-20(34)22-11-7-12-23(17-22)30-28(35)19-37-29-32-31-27(33(29)24-13-3-2-4-14-24)18-36-26-16-8-10-21-9-5-6-15-25(21)26/h2-17H,18-19H2,1H3,(H,30,35). The molecule has 0 bridgehead atoms. The van der Waals surface area contributed by atoms with Crippen LogP contribution < -0.4 is 10.1 Å². The second-order valence-corrected chi connectivity index (χ2v) is 9.25. The number of Topliss-reactive ketones (excluding diaryl/α,β-unsaturated/α-hetero) is 1. The Hall–Kier alpha value is -4.43. The Morgan fingerprint density at radius 1 is 0.892 bits per heavy atom. The Morgan fingerprint density at radius 3 is 2.49 bits per heavy atom. The summed E-state index contributed by atoms with van der Waals surface area (Å²) in [5, 5.41) is 14.3. The molecule has 0 spiro atoms. The van der Waals surface area contributed by atoms with Gasteiger partial charge in [-0.3, -0.25) is 14.2 Å². The highest BCUT2D eigenvalue weighted by atomic mass is 32.2. The van der Waals surface area contributed by atoms with Gasteiger partial charge in [-0.05, 0) is 42.6 Å². The number of benzene rings is 4. The van der Waals surface area contributed by atoms with Gasteiger partial charge in [-0.1, -0.05) is 78.5 Å². The average Bonchev–Trinajstić information content (AvgIpc) is 3.34. The Morgan fingerprint density at radius 2 is 1.65 bits per heavy atom. The number of nitrogens with zero attached hydrogens (tertiary/aromatic N) is 3. The van der Waals surface area contributed by atoms with Gasteiger partial charge in [0.1, 0.15) is 12.4 Å². The van der Waals surface area contributed by atoms with Crippen LogP contribution in [0.3, 0.4) is 0 Å². The quantitative estimate of drug-likeness (QED) is 0.196. The van der Waals surface area contributed by atoms with Crippen molar-refractivity contribution in [2.45, 2.75) is 18.7 Å². The van der Waals surface area contributed by atoms with Crippen molar-refractivity contribution >= 4 is 39.9 Å². The molecule has 0 saturated carbocycles. The molecular formula is C29H24N4O3S. The van der Waals surface area contributed by atoms with E-state index in [0.717, 1.165) is 22.2 Å². The highest BCUT2D eigenvalue weighted by molar-refractivity contribution is 7.99. The first-order valence-electron chi connectivity index (χ1n) is 11.7. The highest BCUT2D eigenvalue weighted by Crippen LogP contribution is 2.27. The molecule has 0 radical (unpaired) electrons. The van der Waals surface area contributed by atoms with E-state index >= 15 is 0 Å². The zero-order valence-electron chi connectivity index (χ0n) is 20.1. The Kier molecular flexibility index (Phi) is 7.28. The summed E-state index contributed by atoms with van der Waals surface area (Å²) in [6, 6.07) is 30.6. The van der Waals surface area contributed by atoms with Crippen LogP contribution >= 0.6 is 11.8 Å². The summed E-state index contributed by atoms with van der Waals surface area (Å²) in [6.07, 6.45) is 0. The minimum Gasteiger partial charge on any atom is -0.485 e. The molecule has 7 nitrogen and oxygen atoms in total. The minimum atomic E-state index is -0.207. The third kappa shape index (κ3) is 5.70. The van der Waals surface area contributed by atoms with Crippen LogP contribution in [0.25, 0.3) is 16.5 Å². The monoisotopic (exact) mass is 508 g/mol. The second kappa shape index (κ2) is 11.1. The van der Waals surface area contributed by atoms with Gasteiger partial charge < -0.3 is 10.1 Å². The number of ether oxygens (including phenoxy) is 1. The molecule has 4 aromatic carbocycles. The number of carbonyl (C=O) groups is 2. The molecular weight excluding hydrogens is 484 g/mol. The number of carbonyl (C=O) groups excluding carboxylic acids is 2. The van der Waals surface area contributed by atoms with Crippen molar-refractivity contribution in [2.24, 2.45) is 0 Å². The van der Waals surface area contributed by atoms with Crippen LogP contribution in [0.15, 0.2) is 102 Å². The van der Waals surface area contributed by atoms with E-state index in [9.17, 15) is 9.59 Å². The third-order valence-electron chi connectivity index (χ3n) is 5.71. The zero-order chi connectivity index (χ0) is 25.6. The topological polar surface area (TPSA) is 86.1 Å². The van der Waals surface area contributed by atoms with Gasteiger partial charge in [0.15, 0.2) is 16.8 Å². The Labute approximate surface area is 218 Å². The number of rotatable bonds is 9. The van der Waals surface area contributed by atoms with Crippen LogP contribution in [0.2, 0.25) is 0 Å². The lowest BCUT2D eigenvalue weighted by atomic mass is 10.1. The van der Waals surface area contributed by atoms with E-state index in [1.54, 1.807) is 24.3 Å². The summed E-state index contributed by atoms with van der Waals surface area (Å²) >= 11 is 1.28. The number of thioether (sulfide) groups is 1. The summed E-state index contributed by atoms with van der Waals surface area (Å²) in [6.45, 7) is 1.70. The van der Waals surface area contributed by atoms with Gasteiger partial charge in [0, 0.05) is 22.3 Å². The molecule has 0 fully saturated rings. The maximum absolute atomic E-state index is 12.7. The van der Waals surface area contributed by atoms with Crippen molar-refractivity contribution in [1.82, 2.24) is 14.8 Å². The predicted octanol–water partition coefficient (Wildman–Crippen LogP) is 5.93. The summed E-state index contributed by atoms with van der Waals surface area (Å²) in [5.74, 6) is 1.25. The fraction of sp³-hybridized carbons (Fsp3) is 0.103. The lowest BCUT2D eigenvalue weighted by Crippen LogP contribution is -2.15. The van der Waals surface area contributed by atoms with E-state index in [2.05, 4.69) is 15.5 Å². The third-order valence-corrected chi connectivity index (χ3v) is 6.64. The number of amides is 1. The fourth-order valence-corrected chi connectivity index (χ4v) is 4.70. The molecule has 0 aliphatic heterocycles. The number of ketones is 1. The number of anilines is 1. The SMILES string of the molecule is CC(=O)c1cccc(NC(=O)CSc2nnc(COc3cccc4ccccc34)n2-c2ccccc2)c1. The van der Waals surface area contributed by atoms with E-state index in [-0.39, 0.29) is 24.1 Å². The van der Waals surface area contributed by atoms with Gasteiger partial charge in [0.25, 0.3) is 0 Å². The second-order valence-electron chi connectivity index (χ2n) is 8.31. The molecule has 1 heterocycles. The first-order valence-corrected chi connectivity index (χ1v) is 12.7. The number of fused-ring (bicyclic) bond motifs is 1. The normalized spacial score (nSPS) is 10.8. The number of para-hydroxylation sites is 1. The maximum Gasteiger partial charge on any atom is 0.234 e. The van der Waals surface area contributed by atoms with Crippen LogP contribution in [-0.4, -0.2) is 32.2 Å². The van der Waals surface area contributed by atoms with E-state index in [1.807, 2.05) is 77.4 Å². The minimum absolute atomic E-state index is 0.0558. The molecule has 1 aromatic heterocycles. The Bertz CT molecular complexity index is 1560. The average molecular weight is 509 g/mol. The van der Waals surface area contributed by atoms with Crippen molar-refractivity contribution in [1.29, 1.82) is 0 Å². The lowest BCUT2D eigenvalue weighted by molar-refractivity contribution is -0.113. The van der Waals surface area contributed by atoms with Gasteiger partial charge in [-0.15, -0.1) is 10.2 Å². The molecule has 8 heteroatoms. The first-order chi connectivity index (χ1) is 18.1. The molecule has 0 unspecified atom stereocenters. The van der Waals surface area contributed by atoms with E-state index in [1.165, 1.54) is 18.7 Å². The van der Waals surface area contributed by atoms with Crippen molar-refractivity contribution in [2.75, 3.05) is 11.1 Å². The number of aromatic nitrogens is 3. The predicted molar refractivity (Wildman–Crippen MR) is 145 cm³/mol. The molecule has 0 saturated heterocycles. The van der Waals surface area contributed by atoms with E-state index < -0.39 is 0 Å². The zero-order valence-corrected chi connectivity index (χ0v) is 20.9. The van der Waals surface area contributed by atoms with Crippen molar-refractivity contribution < 1.29 is 14.3 Å². The van der Waals surface area contributed by atoms with E-state index in [4.69, 9.17) is 4.74 Å². The molecule has 37 heavy (non-hydrogen) atoms. The van der Waals surface area contributed by atoms with Gasteiger partial charge >= 0.3 is 0 Å².